The van der Waals surface area contributed by atoms with Crippen molar-refractivity contribution in [2.24, 2.45) is 11.7 Å². The van der Waals surface area contributed by atoms with Gasteiger partial charge in [-0.3, -0.25) is 9.59 Å². The molecule has 0 bridgehead atoms. The summed E-state index contributed by atoms with van der Waals surface area (Å²) < 4.78 is 0. The Morgan fingerprint density at radius 3 is 2.00 bits per heavy atom. The minimum atomic E-state index is -0.499. The molecule has 0 heterocycles. The molecule has 0 spiro atoms. The van der Waals surface area contributed by atoms with Crippen LogP contribution < -0.4 is 5.73 Å². The van der Waals surface area contributed by atoms with Crippen molar-refractivity contribution in [3.8, 4) is 0 Å². The summed E-state index contributed by atoms with van der Waals surface area (Å²) in [4.78, 5) is 24.2. The van der Waals surface area contributed by atoms with Gasteiger partial charge < -0.3 is 10.6 Å². The van der Waals surface area contributed by atoms with Gasteiger partial charge in [-0.15, -0.1) is 0 Å². The molecule has 4 nitrogen and oxygen atoms in total. The normalized spacial score (nSPS) is 13.0. The van der Waals surface area contributed by atoms with Crippen LogP contribution in [0, 0.1) is 5.92 Å². The van der Waals surface area contributed by atoms with E-state index in [2.05, 4.69) is 12.6 Å². The molecule has 15 heavy (non-hydrogen) atoms. The molecule has 1 unspecified atom stereocenters. The van der Waals surface area contributed by atoms with Crippen molar-refractivity contribution >= 4 is 24.4 Å². The van der Waals surface area contributed by atoms with Gasteiger partial charge in [0.15, 0.2) is 0 Å². The van der Waals surface area contributed by atoms with Gasteiger partial charge in [-0.1, -0.05) is 13.8 Å². The number of carbonyl (C=O) groups excluding carboxylic acids is 2. The smallest absolute Gasteiger partial charge is 0.237 e. The van der Waals surface area contributed by atoms with Gasteiger partial charge in [0.05, 0.1) is 11.8 Å². The highest BCUT2D eigenvalue weighted by Gasteiger charge is 2.26. The first-order valence-corrected chi connectivity index (χ1v) is 5.55. The highest BCUT2D eigenvalue weighted by atomic mass is 32.1. The number of hydrogen-bond donors (Lipinski definition) is 2. The Balaban J connectivity index is 4.62. The van der Waals surface area contributed by atoms with Gasteiger partial charge in [0.1, 0.15) is 0 Å². The van der Waals surface area contributed by atoms with E-state index in [4.69, 9.17) is 5.73 Å². The molecule has 0 rings (SSSR count). The second-order valence-electron chi connectivity index (χ2n) is 4.22. The van der Waals surface area contributed by atoms with E-state index in [9.17, 15) is 9.59 Å². The number of primary amides is 1. The van der Waals surface area contributed by atoms with E-state index in [0.717, 1.165) is 0 Å². The predicted octanol–water partition coefficient (Wildman–Crippen LogP) is 0.663. The second kappa shape index (κ2) is 6.00. The number of hydrogen-bond acceptors (Lipinski definition) is 3. The maximum Gasteiger partial charge on any atom is 0.237 e. The molecule has 0 aliphatic rings. The molecule has 2 N–H and O–H groups in total. The van der Waals surface area contributed by atoms with Crippen LogP contribution in [-0.4, -0.2) is 34.6 Å². The lowest BCUT2D eigenvalue weighted by Crippen LogP contribution is -2.47. The van der Waals surface area contributed by atoms with Crippen molar-refractivity contribution in [2.75, 3.05) is 6.54 Å². The monoisotopic (exact) mass is 232 g/mol. The zero-order chi connectivity index (χ0) is 12.2. The lowest BCUT2D eigenvalue weighted by atomic mass is 10.1. The Kier molecular flexibility index (Phi) is 5.72. The van der Waals surface area contributed by atoms with E-state index in [1.807, 2.05) is 27.7 Å². The van der Waals surface area contributed by atoms with E-state index in [1.165, 1.54) is 4.90 Å². The Bertz CT molecular complexity index is 242. The molecule has 0 radical (unpaired) electrons. The fraction of sp³-hybridized carbons (Fsp3) is 0.800. The van der Waals surface area contributed by atoms with Crippen LogP contribution in [0.4, 0.5) is 0 Å². The second-order valence-corrected chi connectivity index (χ2v) is 4.77. The van der Waals surface area contributed by atoms with Crippen molar-refractivity contribution in [1.29, 1.82) is 0 Å². The summed E-state index contributed by atoms with van der Waals surface area (Å²) in [7, 11) is 0. The topological polar surface area (TPSA) is 63.4 Å². The third kappa shape index (κ3) is 4.55. The third-order valence-electron chi connectivity index (χ3n) is 2.12. The van der Waals surface area contributed by atoms with Crippen LogP contribution in [0.15, 0.2) is 0 Å². The van der Waals surface area contributed by atoms with Crippen molar-refractivity contribution in [1.82, 2.24) is 4.90 Å². The largest absolute Gasteiger partial charge is 0.368 e. The first kappa shape index (κ1) is 14.3. The van der Waals surface area contributed by atoms with Crippen molar-refractivity contribution in [2.45, 2.75) is 39.0 Å². The predicted molar refractivity (Wildman–Crippen MR) is 63.7 cm³/mol. The first-order chi connectivity index (χ1) is 6.77. The zero-order valence-electron chi connectivity index (χ0n) is 9.73. The maximum atomic E-state index is 11.9. The minimum absolute atomic E-state index is 0.0414. The van der Waals surface area contributed by atoms with E-state index in [0.29, 0.717) is 0 Å². The number of carbonyl (C=O) groups is 2. The molecule has 0 saturated carbocycles. The van der Waals surface area contributed by atoms with Crippen LogP contribution in [-0.2, 0) is 9.59 Å². The first-order valence-electron chi connectivity index (χ1n) is 5.04. The maximum absolute atomic E-state index is 11.9. The highest BCUT2D eigenvalue weighted by molar-refractivity contribution is 7.81. The van der Waals surface area contributed by atoms with Crippen LogP contribution in [0.1, 0.15) is 27.7 Å². The van der Waals surface area contributed by atoms with E-state index >= 15 is 0 Å². The summed E-state index contributed by atoms with van der Waals surface area (Å²) in [5, 5.41) is -0.383. The average Bonchev–Trinajstić information content (AvgIpc) is 2.10. The average molecular weight is 232 g/mol. The molecule has 1 atom stereocenters. The molecule has 5 heteroatoms. The molecule has 0 aromatic rings. The summed E-state index contributed by atoms with van der Waals surface area (Å²) in [6, 6.07) is -0.0431. The summed E-state index contributed by atoms with van der Waals surface area (Å²) in [6.07, 6.45) is 0. The Labute approximate surface area is 96.6 Å². The molecule has 88 valence electrons. The Morgan fingerprint density at radius 2 is 1.73 bits per heavy atom. The van der Waals surface area contributed by atoms with Gasteiger partial charge in [0.2, 0.25) is 11.8 Å². The molecular weight excluding hydrogens is 212 g/mol. The van der Waals surface area contributed by atoms with Crippen LogP contribution in [0.2, 0.25) is 0 Å². The lowest BCUT2D eigenvalue weighted by molar-refractivity contribution is -0.136. The van der Waals surface area contributed by atoms with Gasteiger partial charge in [0.25, 0.3) is 0 Å². The number of nitrogens with two attached hydrogens (primary N) is 1. The number of nitrogens with zero attached hydrogens (tertiary/aromatic N) is 1. The molecule has 0 aliphatic heterocycles. The molecule has 0 saturated heterocycles. The van der Waals surface area contributed by atoms with E-state index < -0.39 is 5.91 Å². The quantitative estimate of drug-likeness (QED) is 0.684. The van der Waals surface area contributed by atoms with Gasteiger partial charge in [0, 0.05) is 6.04 Å². The SMILES string of the molecule is CC(C)C(S)C(=O)N(CC(N)=O)C(C)C. The van der Waals surface area contributed by atoms with Gasteiger partial charge >= 0.3 is 0 Å². The van der Waals surface area contributed by atoms with Crippen molar-refractivity contribution < 1.29 is 9.59 Å². The highest BCUT2D eigenvalue weighted by Crippen LogP contribution is 2.14. The summed E-state index contributed by atoms with van der Waals surface area (Å²) >= 11 is 4.23. The zero-order valence-corrected chi connectivity index (χ0v) is 10.6. The molecule has 0 aromatic carbocycles. The van der Waals surface area contributed by atoms with Crippen molar-refractivity contribution in [3.63, 3.8) is 0 Å². The molecule has 0 aliphatic carbocycles. The van der Waals surface area contributed by atoms with Crippen LogP contribution in [0.25, 0.3) is 0 Å². The molecular formula is C10H20N2O2S. The number of rotatable bonds is 5. The van der Waals surface area contributed by atoms with Crippen molar-refractivity contribution in [3.05, 3.63) is 0 Å². The minimum Gasteiger partial charge on any atom is -0.368 e. The lowest BCUT2D eigenvalue weighted by Gasteiger charge is -2.29. The third-order valence-corrected chi connectivity index (χ3v) is 2.93. The fourth-order valence-corrected chi connectivity index (χ4v) is 1.29. The van der Waals surface area contributed by atoms with Gasteiger partial charge in [-0.25, -0.2) is 0 Å². The molecule has 0 fully saturated rings. The molecule has 0 aromatic heterocycles. The number of amides is 2. The van der Waals surface area contributed by atoms with E-state index in [-0.39, 0.29) is 29.7 Å². The number of thiol groups is 1. The van der Waals surface area contributed by atoms with Crippen LogP contribution in [0.3, 0.4) is 0 Å². The van der Waals surface area contributed by atoms with Crippen LogP contribution >= 0.6 is 12.6 Å². The van der Waals surface area contributed by atoms with Crippen LogP contribution in [0.5, 0.6) is 0 Å². The van der Waals surface area contributed by atoms with E-state index in [1.54, 1.807) is 0 Å². The fourth-order valence-electron chi connectivity index (χ4n) is 1.14. The van der Waals surface area contributed by atoms with Gasteiger partial charge in [-0.05, 0) is 19.8 Å². The standard InChI is InChI=1S/C10H20N2O2S/c1-6(2)9(15)10(14)12(7(3)4)5-8(11)13/h6-7,9,15H,5H2,1-4H3,(H2,11,13). The Morgan fingerprint density at radius 1 is 1.27 bits per heavy atom. The molecule has 2 amide bonds. The van der Waals surface area contributed by atoms with Gasteiger partial charge in [-0.2, -0.15) is 12.6 Å². The Hall–Kier alpha value is -0.710. The summed E-state index contributed by atoms with van der Waals surface area (Å²) in [5.41, 5.74) is 5.09. The summed E-state index contributed by atoms with van der Waals surface area (Å²) in [5.74, 6) is -0.501. The summed E-state index contributed by atoms with van der Waals surface area (Å²) in [6.45, 7) is 7.49.